The molecule has 0 aliphatic rings. The van der Waals surface area contributed by atoms with E-state index in [4.69, 9.17) is 4.74 Å². The molecule has 0 spiro atoms. The van der Waals surface area contributed by atoms with Crippen molar-refractivity contribution in [1.82, 2.24) is 4.31 Å². The van der Waals surface area contributed by atoms with Crippen molar-refractivity contribution in [2.24, 2.45) is 0 Å². The number of anilines is 2. The van der Waals surface area contributed by atoms with Crippen LogP contribution in [0.25, 0.3) is 0 Å². The molecule has 2 N–H and O–H groups in total. The molecule has 0 saturated carbocycles. The predicted octanol–water partition coefficient (Wildman–Crippen LogP) is 2.08. The number of hydrogen-bond acceptors (Lipinski definition) is 6. The highest BCUT2D eigenvalue weighted by Crippen LogP contribution is 2.22. The minimum Gasteiger partial charge on any atom is -0.452 e. The second-order valence-electron chi connectivity index (χ2n) is 6.19. The molecule has 2 rings (SSSR count). The first-order chi connectivity index (χ1) is 13.2. The van der Waals surface area contributed by atoms with Gasteiger partial charge in [-0.15, -0.1) is 0 Å². The van der Waals surface area contributed by atoms with Gasteiger partial charge in [-0.25, -0.2) is 17.5 Å². The van der Waals surface area contributed by atoms with Crippen LogP contribution in [0.3, 0.4) is 0 Å². The highest BCUT2D eigenvalue weighted by molar-refractivity contribution is 7.89. The summed E-state index contributed by atoms with van der Waals surface area (Å²) in [5.74, 6) is -1.22. The molecule has 0 bridgehead atoms. The Morgan fingerprint density at radius 3 is 2.43 bits per heavy atom. The summed E-state index contributed by atoms with van der Waals surface area (Å²) < 4.78 is 30.9. The number of nitrogens with one attached hydrogen (secondary N) is 2. The highest BCUT2D eigenvalue weighted by atomic mass is 32.2. The van der Waals surface area contributed by atoms with Crippen molar-refractivity contribution in [3.63, 3.8) is 0 Å². The third-order valence-corrected chi connectivity index (χ3v) is 5.94. The van der Waals surface area contributed by atoms with E-state index in [0.29, 0.717) is 22.5 Å². The van der Waals surface area contributed by atoms with Gasteiger partial charge in [0.2, 0.25) is 10.0 Å². The van der Waals surface area contributed by atoms with E-state index in [-0.39, 0.29) is 4.90 Å². The third kappa shape index (κ3) is 4.87. The van der Waals surface area contributed by atoms with Gasteiger partial charge in [-0.1, -0.05) is 18.2 Å². The number of sulfonamides is 1. The zero-order chi connectivity index (χ0) is 20.9. The maximum absolute atomic E-state index is 12.4. The third-order valence-electron chi connectivity index (χ3n) is 3.98. The Kier molecular flexibility index (Phi) is 6.76. The van der Waals surface area contributed by atoms with Crippen LogP contribution in [-0.4, -0.2) is 52.3 Å². The number of amides is 1. The van der Waals surface area contributed by atoms with Crippen molar-refractivity contribution < 1.29 is 22.7 Å². The molecule has 0 saturated heterocycles. The number of esters is 1. The smallest absolute Gasteiger partial charge is 0.340 e. The van der Waals surface area contributed by atoms with E-state index in [9.17, 15) is 18.0 Å². The van der Waals surface area contributed by atoms with Crippen LogP contribution in [0.4, 0.5) is 11.4 Å². The molecular weight excluding hydrogens is 382 g/mol. The number of carbonyl (C=O) groups is 2. The van der Waals surface area contributed by atoms with Gasteiger partial charge < -0.3 is 15.4 Å². The van der Waals surface area contributed by atoms with Crippen molar-refractivity contribution in [2.75, 3.05) is 38.4 Å². The minimum absolute atomic E-state index is 0.0928. The summed E-state index contributed by atoms with van der Waals surface area (Å²) in [4.78, 5) is 24.4. The van der Waals surface area contributed by atoms with E-state index < -0.39 is 28.5 Å². The quantitative estimate of drug-likeness (QED) is 0.684. The lowest BCUT2D eigenvalue weighted by molar-refractivity contribution is -0.119. The number of hydrogen-bond donors (Lipinski definition) is 2. The Morgan fingerprint density at radius 1 is 1.11 bits per heavy atom. The fraction of sp³-hybridized carbons (Fsp3) is 0.263. The monoisotopic (exact) mass is 405 g/mol. The van der Waals surface area contributed by atoms with Gasteiger partial charge >= 0.3 is 5.97 Å². The summed E-state index contributed by atoms with van der Waals surface area (Å²) in [6, 6.07) is 11.3. The molecule has 28 heavy (non-hydrogen) atoms. The molecule has 150 valence electrons. The molecular formula is C19H23N3O5S. The van der Waals surface area contributed by atoms with Crippen LogP contribution in [0, 0.1) is 6.92 Å². The maximum atomic E-state index is 12.4. The molecule has 0 aromatic heterocycles. The van der Waals surface area contributed by atoms with E-state index in [1.165, 1.54) is 20.2 Å². The number of carbonyl (C=O) groups excluding carboxylic acids is 2. The molecule has 2 aromatic rings. The van der Waals surface area contributed by atoms with Gasteiger partial charge in [0, 0.05) is 32.5 Å². The first-order valence-electron chi connectivity index (χ1n) is 8.43. The van der Waals surface area contributed by atoms with Crippen LogP contribution in [0.2, 0.25) is 0 Å². The van der Waals surface area contributed by atoms with Crippen LogP contribution in [-0.2, 0) is 19.6 Å². The second-order valence-corrected chi connectivity index (χ2v) is 8.31. The van der Waals surface area contributed by atoms with Gasteiger partial charge in [0.1, 0.15) is 0 Å². The van der Waals surface area contributed by atoms with Gasteiger partial charge in [0.15, 0.2) is 6.61 Å². The fourth-order valence-corrected chi connectivity index (χ4v) is 3.58. The number of aryl methyl sites for hydroxylation is 1. The number of rotatable bonds is 7. The van der Waals surface area contributed by atoms with Crippen molar-refractivity contribution in [1.29, 1.82) is 0 Å². The number of para-hydroxylation sites is 1. The molecule has 0 unspecified atom stereocenters. The summed E-state index contributed by atoms with van der Waals surface area (Å²) >= 11 is 0. The Bertz CT molecular complexity index is 987. The van der Waals surface area contributed by atoms with Gasteiger partial charge in [-0.3, -0.25) is 4.79 Å². The zero-order valence-electron chi connectivity index (χ0n) is 16.1. The van der Waals surface area contributed by atoms with Crippen molar-refractivity contribution in [3.05, 3.63) is 53.6 Å². The SMILES string of the molecule is CNc1ccccc1C(=O)OCC(=O)Nc1ccc(C)c(S(=O)(=O)N(C)C)c1. The Hall–Kier alpha value is -2.91. The van der Waals surface area contributed by atoms with E-state index in [0.717, 1.165) is 4.31 Å². The summed E-state index contributed by atoms with van der Waals surface area (Å²) in [5, 5.41) is 5.42. The van der Waals surface area contributed by atoms with Crippen molar-refractivity contribution >= 4 is 33.3 Å². The van der Waals surface area contributed by atoms with Crippen LogP contribution < -0.4 is 10.6 Å². The summed E-state index contributed by atoms with van der Waals surface area (Å²) in [6.45, 7) is 1.17. The number of nitrogens with zero attached hydrogens (tertiary/aromatic N) is 1. The zero-order valence-corrected chi connectivity index (χ0v) is 17.0. The van der Waals surface area contributed by atoms with Crippen LogP contribution in [0.15, 0.2) is 47.4 Å². The lowest BCUT2D eigenvalue weighted by Crippen LogP contribution is -2.24. The van der Waals surface area contributed by atoms with Crippen LogP contribution in [0.1, 0.15) is 15.9 Å². The van der Waals surface area contributed by atoms with E-state index in [1.54, 1.807) is 50.4 Å². The van der Waals surface area contributed by atoms with Crippen molar-refractivity contribution in [3.8, 4) is 0 Å². The van der Waals surface area contributed by atoms with Gasteiger partial charge in [0.25, 0.3) is 5.91 Å². The summed E-state index contributed by atoms with van der Waals surface area (Å²) in [6.07, 6.45) is 0. The second kappa shape index (κ2) is 8.85. The van der Waals surface area contributed by atoms with E-state index in [1.807, 2.05) is 0 Å². The first-order valence-corrected chi connectivity index (χ1v) is 9.87. The van der Waals surface area contributed by atoms with Crippen molar-refractivity contribution in [2.45, 2.75) is 11.8 Å². The fourth-order valence-electron chi connectivity index (χ4n) is 2.44. The molecule has 0 fully saturated rings. The number of benzene rings is 2. The standard InChI is InChI=1S/C19H23N3O5S/c1-13-9-10-14(11-17(13)28(25,26)22(3)4)21-18(23)12-27-19(24)15-7-5-6-8-16(15)20-2/h5-11,20H,12H2,1-4H3,(H,21,23). The number of ether oxygens (including phenoxy) is 1. The first kappa shape index (κ1) is 21.4. The molecule has 0 aliphatic heterocycles. The largest absolute Gasteiger partial charge is 0.452 e. The molecule has 0 radical (unpaired) electrons. The highest BCUT2D eigenvalue weighted by Gasteiger charge is 2.20. The van der Waals surface area contributed by atoms with Crippen LogP contribution in [0.5, 0.6) is 0 Å². The molecule has 0 atom stereocenters. The van der Waals surface area contributed by atoms with E-state index >= 15 is 0 Å². The average Bonchev–Trinajstić information content (AvgIpc) is 2.67. The van der Waals surface area contributed by atoms with Gasteiger partial charge in [-0.2, -0.15) is 0 Å². The lowest BCUT2D eigenvalue weighted by atomic mass is 10.2. The van der Waals surface area contributed by atoms with Crippen LogP contribution >= 0.6 is 0 Å². The minimum atomic E-state index is -3.65. The predicted molar refractivity (Wildman–Crippen MR) is 107 cm³/mol. The molecule has 9 heteroatoms. The van der Waals surface area contributed by atoms with Gasteiger partial charge in [0.05, 0.1) is 10.5 Å². The molecule has 0 aliphatic carbocycles. The Balaban J connectivity index is 2.07. The lowest BCUT2D eigenvalue weighted by Gasteiger charge is -2.15. The topological polar surface area (TPSA) is 105 Å². The Morgan fingerprint density at radius 2 is 1.79 bits per heavy atom. The molecule has 8 nitrogen and oxygen atoms in total. The molecule has 2 aromatic carbocycles. The van der Waals surface area contributed by atoms with E-state index in [2.05, 4.69) is 10.6 Å². The molecule has 0 heterocycles. The molecule has 1 amide bonds. The van der Waals surface area contributed by atoms with Gasteiger partial charge in [-0.05, 0) is 36.8 Å². The average molecular weight is 405 g/mol. The maximum Gasteiger partial charge on any atom is 0.340 e. The summed E-state index contributed by atoms with van der Waals surface area (Å²) in [5.41, 5.74) is 1.75. The Labute approximate surface area is 164 Å². The summed E-state index contributed by atoms with van der Waals surface area (Å²) in [7, 11) is 0.897. The normalized spacial score (nSPS) is 11.2.